The predicted molar refractivity (Wildman–Crippen MR) is 137 cm³/mol. The van der Waals surface area contributed by atoms with Gasteiger partial charge in [0.05, 0.1) is 13.2 Å². The first-order valence-electron chi connectivity index (χ1n) is 12.9. The van der Waals surface area contributed by atoms with Gasteiger partial charge in [0.1, 0.15) is 0 Å². The normalized spacial score (nSPS) is 23.4. The van der Waals surface area contributed by atoms with Gasteiger partial charge in [-0.15, -0.1) is 0 Å². The lowest BCUT2D eigenvalue weighted by molar-refractivity contribution is 0.0370. The van der Waals surface area contributed by atoms with E-state index in [-0.39, 0.29) is 12.1 Å². The molecule has 2 saturated heterocycles. The quantitative estimate of drug-likeness (QED) is 0.472. The van der Waals surface area contributed by atoms with Crippen LogP contribution in [0.3, 0.4) is 0 Å². The molecule has 2 fully saturated rings. The van der Waals surface area contributed by atoms with Crippen molar-refractivity contribution >= 4 is 0 Å². The van der Waals surface area contributed by atoms with Crippen LogP contribution in [0.4, 0.5) is 0 Å². The average molecular weight is 467 g/mol. The summed E-state index contributed by atoms with van der Waals surface area (Å²) in [7, 11) is 3.61. The molecule has 0 bridgehead atoms. The lowest BCUT2D eigenvalue weighted by atomic mass is 9.94. The number of hydrogen-bond acceptors (Lipinski definition) is 6. The summed E-state index contributed by atoms with van der Waals surface area (Å²) in [6.45, 7) is 3.66. The van der Waals surface area contributed by atoms with Crippen LogP contribution in [0.5, 0.6) is 0 Å². The molecule has 0 amide bonds. The minimum Gasteiger partial charge on any atom is -0.383 e. The van der Waals surface area contributed by atoms with Gasteiger partial charge in [0.2, 0.25) is 0 Å². The molecule has 0 radical (unpaired) electrons. The van der Waals surface area contributed by atoms with E-state index in [0.717, 1.165) is 39.1 Å². The van der Waals surface area contributed by atoms with Crippen LogP contribution in [0.15, 0.2) is 60.7 Å². The van der Waals surface area contributed by atoms with Crippen molar-refractivity contribution in [2.24, 2.45) is 0 Å². The number of nitrogens with one attached hydrogen (secondary N) is 2. The summed E-state index contributed by atoms with van der Waals surface area (Å²) in [5.41, 5.74) is 10.7. The van der Waals surface area contributed by atoms with Gasteiger partial charge in [-0.1, -0.05) is 60.7 Å². The Kier molecular flexibility index (Phi) is 9.92. The maximum Gasteiger partial charge on any atom is 0.0632 e. The van der Waals surface area contributed by atoms with Gasteiger partial charge in [0, 0.05) is 51.5 Å². The van der Waals surface area contributed by atoms with Crippen LogP contribution in [0.2, 0.25) is 0 Å². The molecule has 6 heteroatoms. The molecule has 0 aliphatic carbocycles. The monoisotopic (exact) mass is 466 g/mol. The third-order valence-electron chi connectivity index (χ3n) is 7.22. The van der Waals surface area contributed by atoms with Gasteiger partial charge in [-0.25, -0.2) is 20.9 Å². The van der Waals surface area contributed by atoms with E-state index >= 15 is 0 Å². The second kappa shape index (κ2) is 13.3. The highest BCUT2D eigenvalue weighted by molar-refractivity contribution is 5.19. The van der Waals surface area contributed by atoms with E-state index < -0.39 is 0 Å². The molecule has 0 saturated carbocycles. The third kappa shape index (κ3) is 7.11. The maximum atomic E-state index is 5.54. The van der Waals surface area contributed by atoms with Crippen LogP contribution in [-0.2, 0) is 22.3 Å². The van der Waals surface area contributed by atoms with E-state index in [1.807, 2.05) is 0 Å². The summed E-state index contributed by atoms with van der Waals surface area (Å²) in [5, 5.41) is 4.88. The second-order valence-electron chi connectivity index (χ2n) is 9.74. The van der Waals surface area contributed by atoms with Gasteiger partial charge in [-0.2, -0.15) is 0 Å². The Morgan fingerprint density at radius 3 is 1.50 bits per heavy atom. The van der Waals surface area contributed by atoms with Crippen LogP contribution < -0.4 is 10.9 Å². The molecule has 2 heterocycles. The van der Waals surface area contributed by atoms with Crippen molar-refractivity contribution in [2.45, 2.75) is 62.7 Å². The molecule has 2 aromatic rings. The minimum atomic E-state index is 0.240. The van der Waals surface area contributed by atoms with Gasteiger partial charge in [-0.05, 0) is 49.7 Å². The molecule has 4 rings (SSSR count). The first kappa shape index (κ1) is 25.3. The van der Waals surface area contributed by atoms with Gasteiger partial charge in [0.15, 0.2) is 0 Å². The van der Waals surface area contributed by atoms with Crippen LogP contribution in [0.1, 0.15) is 36.8 Å². The summed E-state index contributed by atoms with van der Waals surface area (Å²) in [6, 6.07) is 23.1. The first-order valence-corrected chi connectivity index (χ1v) is 12.9. The molecule has 2 aromatic carbocycles. The highest BCUT2D eigenvalue weighted by atomic mass is 16.5. The van der Waals surface area contributed by atoms with Crippen LogP contribution in [0, 0.1) is 0 Å². The fraction of sp³-hybridized carbons (Fsp3) is 0.571. The Morgan fingerprint density at radius 1 is 0.706 bits per heavy atom. The van der Waals surface area contributed by atoms with Crippen molar-refractivity contribution < 1.29 is 9.47 Å². The fourth-order valence-corrected chi connectivity index (χ4v) is 5.46. The van der Waals surface area contributed by atoms with E-state index in [1.165, 1.54) is 36.8 Å². The molecule has 0 unspecified atom stereocenters. The van der Waals surface area contributed by atoms with Gasteiger partial charge < -0.3 is 9.47 Å². The van der Waals surface area contributed by atoms with Crippen molar-refractivity contribution in [3.05, 3.63) is 71.8 Å². The Bertz CT molecular complexity index is 752. The van der Waals surface area contributed by atoms with E-state index in [0.29, 0.717) is 12.1 Å². The van der Waals surface area contributed by atoms with E-state index in [1.54, 1.807) is 14.2 Å². The number of hydrogen-bond donors (Lipinski definition) is 2. The molecule has 186 valence electrons. The third-order valence-corrected chi connectivity index (χ3v) is 7.22. The van der Waals surface area contributed by atoms with Crippen molar-refractivity contribution in [3.63, 3.8) is 0 Å². The lowest BCUT2D eigenvalue weighted by Crippen LogP contribution is -2.61. The average Bonchev–Trinajstić information content (AvgIpc) is 3.49. The van der Waals surface area contributed by atoms with E-state index in [2.05, 4.69) is 81.5 Å². The Balaban J connectivity index is 1.58. The van der Waals surface area contributed by atoms with Gasteiger partial charge >= 0.3 is 0 Å². The standard InChI is InChI=1S/C28H42N4O2/c1-33-21-25-15-9-17-31(25)29-27(19-23-11-5-3-6-12-23)28(20-24-13-7-4-8-14-24)30-32-18-10-16-26(32)22-34-2/h3-8,11-14,25-30H,9-10,15-22H2,1-2H3/t25-,26-,27+,28+/m0/s1. The zero-order valence-electron chi connectivity index (χ0n) is 20.9. The summed E-state index contributed by atoms with van der Waals surface area (Å²) in [4.78, 5) is 0. The Morgan fingerprint density at radius 2 is 1.12 bits per heavy atom. The smallest absolute Gasteiger partial charge is 0.0632 e. The zero-order valence-corrected chi connectivity index (χ0v) is 20.9. The fourth-order valence-electron chi connectivity index (χ4n) is 5.46. The van der Waals surface area contributed by atoms with Crippen LogP contribution >= 0.6 is 0 Å². The molecule has 4 atom stereocenters. The number of rotatable bonds is 13. The molecular weight excluding hydrogens is 424 g/mol. The molecule has 34 heavy (non-hydrogen) atoms. The summed E-state index contributed by atoms with van der Waals surface area (Å²) in [6.07, 6.45) is 6.69. The van der Waals surface area contributed by atoms with E-state index in [9.17, 15) is 0 Å². The zero-order chi connectivity index (χ0) is 23.6. The van der Waals surface area contributed by atoms with Crippen LogP contribution in [0.25, 0.3) is 0 Å². The number of ether oxygens (including phenoxy) is 2. The highest BCUT2D eigenvalue weighted by Gasteiger charge is 2.33. The molecule has 2 aliphatic heterocycles. The van der Waals surface area contributed by atoms with Gasteiger partial charge in [-0.3, -0.25) is 0 Å². The van der Waals surface area contributed by atoms with Crippen LogP contribution in [-0.4, -0.2) is 74.7 Å². The number of benzene rings is 2. The summed E-state index contributed by atoms with van der Waals surface area (Å²) >= 11 is 0. The lowest BCUT2D eigenvalue weighted by Gasteiger charge is -2.38. The largest absolute Gasteiger partial charge is 0.383 e. The number of methoxy groups -OCH3 is 2. The predicted octanol–water partition coefficient (Wildman–Crippen LogP) is 3.44. The van der Waals surface area contributed by atoms with Crippen molar-refractivity contribution in [1.82, 2.24) is 20.9 Å². The molecule has 2 aliphatic rings. The minimum absolute atomic E-state index is 0.240. The van der Waals surface area contributed by atoms with Crippen molar-refractivity contribution in [1.29, 1.82) is 0 Å². The number of nitrogens with zero attached hydrogens (tertiary/aromatic N) is 2. The molecule has 2 N–H and O–H groups in total. The Labute approximate surface area is 205 Å². The van der Waals surface area contributed by atoms with Crippen molar-refractivity contribution in [3.8, 4) is 0 Å². The second-order valence-corrected chi connectivity index (χ2v) is 9.74. The SMILES string of the molecule is COC[C@@H]1CCCN1N[C@H](Cc1ccccc1)[C@@H](Cc1ccccc1)NN1CCC[C@H]1COC. The topological polar surface area (TPSA) is 49.0 Å². The number of hydrazine groups is 2. The van der Waals surface area contributed by atoms with E-state index in [4.69, 9.17) is 9.47 Å². The summed E-state index contributed by atoms with van der Waals surface area (Å²) in [5.74, 6) is 0. The first-order chi connectivity index (χ1) is 16.8. The Hall–Kier alpha value is -1.80. The highest BCUT2D eigenvalue weighted by Crippen LogP contribution is 2.21. The van der Waals surface area contributed by atoms with Crippen molar-refractivity contribution in [2.75, 3.05) is 40.5 Å². The molecule has 0 spiro atoms. The molecule has 6 nitrogen and oxygen atoms in total. The van der Waals surface area contributed by atoms with Gasteiger partial charge in [0.25, 0.3) is 0 Å². The summed E-state index contributed by atoms with van der Waals surface area (Å²) < 4.78 is 11.1. The molecular formula is C28H42N4O2. The molecule has 0 aromatic heterocycles. The maximum absolute atomic E-state index is 5.54.